The Labute approximate surface area is 188 Å². The number of benzene rings is 3. The molecule has 0 atom stereocenters. The zero-order chi connectivity index (χ0) is 23.3. The van der Waals surface area contributed by atoms with Crippen LogP contribution in [0.3, 0.4) is 0 Å². The second-order valence-corrected chi connectivity index (χ2v) is 9.08. The molecule has 0 aliphatic heterocycles. The van der Waals surface area contributed by atoms with E-state index in [1.54, 1.807) is 56.5 Å². The number of anilines is 2. The number of sulfonamides is 1. The largest absolute Gasteiger partial charge is 0.497 e. The van der Waals surface area contributed by atoms with Crippen LogP contribution in [0.15, 0.2) is 65.6 Å². The number of carbonyl (C=O) groups excluding carboxylic acids is 1. The van der Waals surface area contributed by atoms with Crippen molar-refractivity contribution in [2.75, 3.05) is 23.8 Å². The van der Waals surface area contributed by atoms with Crippen LogP contribution < -0.4 is 19.5 Å². The fourth-order valence-electron chi connectivity index (χ4n) is 3.01. The predicted molar refractivity (Wildman–Crippen MR) is 125 cm³/mol. The van der Waals surface area contributed by atoms with E-state index in [2.05, 4.69) is 10.0 Å². The number of hydrogen-bond acceptors (Lipinski definition) is 5. The van der Waals surface area contributed by atoms with E-state index in [0.29, 0.717) is 28.4 Å². The van der Waals surface area contributed by atoms with Crippen LogP contribution in [0, 0.1) is 20.8 Å². The van der Waals surface area contributed by atoms with E-state index in [9.17, 15) is 13.2 Å². The molecule has 1 amide bonds. The van der Waals surface area contributed by atoms with E-state index in [-0.39, 0.29) is 17.4 Å². The molecule has 8 heteroatoms. The van der Waals surface area contributed by atoms with Gasteiger partial charge in [-0.1, -0.05) is 12.1 Å². The number of amides is 1. The quantitative estimate of drug-likeness (QED) is 0.525. The van der Waals surface area contributed by atoms with Crippen LogP contribution in [0.25, 0.3) is 0 Å². The van der Waals surface area contributed by atoms with E-state index < -0.39 is 10.0 Å². The van der Waals surface area contributed by atoms with Crippen molar-refractivity contribution in [1.29, 1.82) is 0 Å². The molecular weight excluding hydrogens is 428 g/mol. The van der Waals surface area contributed by atoms with Crippen LogP contribution in [0.1, 0.15) is 16.7 Å². The Morgan fingerprint density at radius 3 is 2.34 bits per heavy atom. The molecule has 0 saturated carbocycles. The number of carbonyl (C=O) groups is 1. The number of methoxy groups -OCH3 is 1. The molecule has 168 valence electrons. The van der Waals surface area contributed by atoms with Crippen LogP contribution in [-0.4, -0.2) is 28.0 Å². The van der Waals surface area contributed by atoms with E-state index in [4.69, 9.17) is 9.47 Å². The maximum Gasteiger partial charge on any atom is 0.262 e. The van der Waals surface area contributed by atoms with E-state index in [0.717, 1.165) is 11.1 Å². The van der Waals surface area contributed by atoms with Gasteiger partial charge in [-0.05, 0) is 79.9 Å². The smallest absolute Gasteiger partial charge is 0.262 e. The zero-order valence-corrected chi connectivity index (χ0v) is 19.2. The minimum Gasteiger partial charge on any atom is -0.497 e. The standard InChI is InChI=1S/C24H26N2O5S/c1-16-8-9-20(12-17(16)2)26-32(28,29)22-10-11-23(18(3)13-22)31-15-24(27)25-19-6-5-7-21(14-19)30-4/h5-14,26H,15H2,1-4H3,(H,25,27). The molecule has 0 aliphatic rings. The van der Waals surface area contributed by atoms with E-state index in [1.165, 1.54) is 12.1 Å². The highest BCUT2D eigenvalue weighted by Crippen LogP contribution is 2.24. The highest BCUT2D eigenvalue weighted by atomic mass is 32.2. The molecule has 2 N–H and O–H groups in total. The first kappa shape index (κ1) is 23.1. The van der Waals surface area contributed by atoms with Gasteiger partial charge in [0.1, 0.15) is 11.5 Å². The molecule has 3 rings (SSSR count). The Bertz CT molecular complexity index is 1240. The van der Waals surface area contributed by atoms with E-state index >= 15 is 0 Å². The summed E-state index contributed by atoms with van der Waals surface area (Å²) in [6.07, 6.45) is 0. The van der Waals surface area contributed by atoms with Gasteiger partial charge in [-0.25, -0.2) is 8.42 Å². The van der Waals surface area contributed by atoms with Gasteiger partial charge in [0.15, 0.2) is 6.61 Å². The average molecular weight is 455 g/mol. The van der Waals surface area contributed by atoms with Gasteiger partial charge < -0.3 is 14.8 Å². The third-order valence-corrected chi connectivity index (χ3v) is 6.31. The fourth-order valence-corrected chi connectivity index (χ4v) is 4.15. The minimum atomic E-state index is -3.76. The average Bonchev–Trinajstić information content (AvgIpc) is 2.75. The molecule has 0 unspecified atom stereocenters. The summed E-state index contributed by atoms with van der Waals surface area (Å²) in [6.45, 7) is 5.40. The van der Waals surface area contributed by atoms with Crippen molar-refractivity contribution >= 4 is 27.3 Å². The second kappa shape index (κ2) is 9.74. The molecule has 0 bridgehead atoms. The number of ether oxygens (including phenoxy) is 2. The highest BCUT2D eigenvalue weighted by molar-refractivity contribution is 7.92. The third-order valence-electron chi connectivity index (χ3n) is 4.93. The SMILES string of the molecule is COc1cccc(NC(=O)COc2ccc(S(=O)(=O)Nc3ccc(C)c(C)c3)cc2C)c1. The van der Waals surface area contributed by atoms with Gasteiger partial charge in [0.2, 0.25) is 0 Å². The lowest BCUT2D eigenvalue weighted by molar-refractivity contribution is -0.118. The molecule has 0 spiro atoms. The van der Waals surface area contributed by atoms with Crippen molar-refractivity contribution in [3.63, 3.8) is 0 Å². The molecule has 0 radical (unpaired) electrons. The van der Waals surface area contributed by atoms with Crippen LogP contribution in [-0.2, 0) is 14.8 Å². The Morgan fingerprint density at radius 1 is 0.875 bits per heavy atom. The van der Waals surface area contributed by atoms with Crippen molar-refractivity contribution in [2.24, 2.45) is 0 Å². The zero-order valence-electron chi connectivity index (χ0n) is 18.4. The van der Waals surface area contributed by atoms with Crippen molar-refractivity contribution in [2.45, 2.75) is 25.7 Å². The van der Waals surface area contributed by atoms with Crippen molar-refractivity contribution in [1.82, 2.24) is 0 Å². The first-order chi connectivity index (χ1) is 15.2. The molecular formula is C24H26N2O5S. The Balaban J connectivity index is 1.65. The lowest BCUT2D eigenvalue weighted by atomic mass is 10.1. The predicted octanol–water partition coefficient (Wildman–Crippen LogP) is 4.44. The summed E-state index contributed by atoms with van der Waals surface area (Å²) >= 11 is 0. The normalized spacial score (nSPS) is 11.0. The lowest BCUT2D eigenvalue weighted by Gasteiger charge is -2.13. The Morgan fingerprint density at radius 2 is 1.66 bits per heavy atom. The molecule has 3 aromatic rings. The number of hydrogen-bond donors (Lipinski definition) is 2. The second-order valence-electron chi connectivity index (χ2n) is 7.40. The van der Waals surface area contributed by atoms with Crippen molar-refractivity contribution in [3.8, 4) is 11.5 Å². The topological polar surface area (TPSA) is 93.7 Å². The number of rotatable bonds is 8. The van der Waals surface area contributed by atoms with Crippen LogP contribution in [0.4, 0.5) is 11.4 Å². The summed E-state index contributed by atoms with van der Waals surface area (Å²) in [7, 11) is -2.21. The van der Waals surface area contributed by atoms with Crippen LogP contribution in [0.2, 0.25) is 0 Å². The number of nitrogens with one attached hydrogen (secondary N) is 2. The van der Waals surface area contributed by atoms with Crippen LogP contribution in [0.5, 0.6) is 11.5 Å². The first-order valence-corrected chi connectivity index (χ1v) is 11.4. The Kier molecular flexibility index (Phi) is 7.05. The van der Waals surface area contributed by atoms with Crippen molar-refractivity contribution < 1.29 is 22.7 Å². The molecule has 0 fully saturated rings. The van der Waals surface area contributed by atoms with Gasteiger partial charge >= 0.3 is 0 Å². The monoisotopic (exact) mass is 454 g/mol. The van der Waals surface area contributed by atoms with Gasteiger partial charge in [-0.2, -0.15) is 0 Å². The van der Waals surface area contributed by atoms with Crippen molar-refractivity contribution in [3.05, 3.63) is 77.4 Å². The van der Waals surface area contributed by atoms with Gasteiger partial charge in [-0.15, -0.1) is 0 Å². The van der Waals surface area contributed by atoms with E-state index in [1.807, 2.05) is 19.9 Å². The maximum atomic E-state index is 12.8. The first-order valence-electron chi connectivity index (χ1n) is 9.95. The summed E-state index contributed by atoms with van der Waals surface area (Å²) in [6, 6.07) is 16.9. The molecule has 0 saturated heterocycles. The lowest BCUT2D eigenvalue weighted by Crippen LogP contribution is -2.20. The van der Waals surface area contributed by atoms with Gasteiger partial charge in [-0.3, -0.25) is 9.52 Å². The maximum absolute atomic E-state index is 12.8. The summed E-state index contributed by atoms with van der Waals surface area (Å²) in [5, 5.41) is 2.73. The summed E-state index contributed by atoms with van der Waals surface area (Å²) < 4.78 is 38.8. The molecule has 0 aromatic heterocycles. The van der Waals surface area contributed by atoms with Crippen LogP contribution >= 0.6 is 0 Å². The fraction of sp³-hybridized carbons (Fsp3) is 0.208. The van der Waals surface area contributed by atoms with Gasteiger partial charge in [0, 0.05) is 17.4 Å². The summed E-state index contributed by atoms with van der Waals surface area (Å²) in [5.74, 6) is 0.715. The molecule has 0 heterocycles. The summed E-state index contributed by atoms with van der Waals surface area (Å²) in [4.78, 5) is 12.3. The Hall–Kier alpha value is -3.52. The third kappa shape index (κ3) is 5.79. The van der Waals surface area contributed by atoms with Gasteiger partial charge in [0.05, 0.1) is 12.0 Å². The highest BCUT2D eigenvalue weighted by Gasteiger charge is 2.16. The summed E-state index contributed by atoms with van der Waals surface area (Å²) in [5.41, 5.74) is 3.77. The number of aryl methyl sites for hydroxylation is 3. The molecule has 0 aliphatic carbocycles. The van der Waals surface area contributed by atoms with Gasteiger partial charge in [0.25, 0.3) is 15.9 Å². The molecule has 3 aromatic carbocycles. The molecule has 7 nitrogen and oxygen atoms in total. The molecule has 32 heavy (non-hydrogen) atoms. The minimum absolute atomic E-state index is 0.112.